The summed E-state index contributed by atoms with van der Waals surface area (Å²) in [6.45, 7) is 4.20. The maximum Gasteiger partial charge on any atom is 0.251 e. The normalized spacial score (nSPS) is 16.2. The van der Waals surface area contributed by atoms with Crippen LogP contribution in [0.4, 0.5) is 0 Å². The number of carbonyl (C=O) groups is 1. The van der Waals surface area contributed by atoms with Gasteiger partial charge in [0.1, 0.15) is 11.9 Å². The van der Waals surface area contributed by atoms with Gasteiger partial charge in [0.05, 0.1) is 6.54 Å². The maximum atomic E-state index is 12.1. The van der Waals surface area contributed by atoms with Gasteiger partial charge in [-0.05, 0) is 37.6 Å². The second-order valence-electron chi connectivity index (χ2n) is 6.12. The molecule has 1 atom stereocenters. The summed E-state index contributed by atoms with van der Waals surface area (Å²) in [5.74, 6) is 0.625. The van der Waals surface area contributed by atoms with Crippen LogP contribution in [0.2, 0.25) is 0 Å². The fourth-order valence-corrected chi connectivity index (χ4v) is 2.96. The SMILES string of the molecule is CCc1cc(C2CC=C(CNC(=O)c3ccccc3)O2)c(C)[nH]c1=O. The van der Waals surface area contributed by atoms with Crippen LogP contribution in [0, 0.1) is 6.92 Å². The first-order chi connectivity index (χ1) is 12.1. The van der Waals surface area contributed by atoms with Crippen LogP contribution < -0.4 is 10.9 Å². The Hall–Kier alpha value is -2.82. The van der Waals surface area contributed by atoms with Crippen LogP contribution in [0.3, 0.4) is 0 Å². The molecule has 1 aliphatic rings. The van der Waals surface area contributed by atoms with E-state index in [1.54, 1.807) is 12.1 Å². The zero-order chi connectivity index (χ0) is 17.8. The van der Waals surface area contributed by atoms with E-state index in [0.717, 1.165) is 29.0 Å². The first-order valence-corrected chi connectivity index (χ1v) is 8.50. The molecule has 0 aliphatic carbocycles. The number of pyridine rings is 1. The largest absolute Gasteiger partial charge is 0.488 e. The smallest absolute Gasteiger partial charge is 0.251 e. The lowest BCUT2D eigenvalue weighted by Crippen LogP contribution is -2.25. The van der Waals surface area contributed by atoms with Crippen molar-refractivity contribution in [2.75, 3.05) is 6.54 Å². The molecule has 0 radical (unpaired) electrons. The van der Waals surface area contributed by atoms with E-state index in [9.17, 15) is 9.59 Å². The summed E-state index contributed by atoms with van der Waals surface area (Å²) < 4.78 is 5.98. The summed E-state index contributed by atoms with van der Waals surface area (Å²) in [6, 6.07) is 11.0. The number of aromatic nitrogens is 1. The third-order valence-corrected chi connectivity index (χ3v) is 4.40. The molecule has 1 aliphatic heterocycles. The molecular formula is C20H22N2O3. The van der Waals surface area contributed by atoms with E-state index in [1.165, 1.54) is 0 Å². The minimum Gasteiger partial charge on any atom is -0.488 e. The van der Waals surface area contributed by atoms with E-state index < -0.39 is 0 Å². The molecule has 2 aromatic rings. The molecule has 1 aromatic heterocycles. The van der Waals surface area contributed by atoms with E-state index in [0.29, 0.717) is 18.5 Å². The Bertz CT molecular complexity index is 853. The van der Waals surface area contributed by atoms with Crippen molar-refractivity contribution >= 4 is 5.91 Å². The maximum absolute atomic E-state index is 12.1. The number of rotatable bonds is 5. The van der Waals surface area contributed by atoms with E-state index in [2.05, 4.69) is 10.3 Å². The molecule has 0 spiro atoms. The van der Waals surface area contributed by atoms with Crippen LogP contribution >= 0.6 is 0 Å². The molecule has 130 valence electrons. The molecule has 5 nitrogen and oxygen atoms in total. The predicted molar refractivity (Wildman–Crippen MR) is 96.5 cm³/mol. The number of benzene rings is 1. The van der Waals surface area contributed by atoms with Gasteiger partial charge in [0.15, 0.2) is 0 Å². The minimum atomic E-state index is -0.123. The highest BCUT2D eigenvalue weighted by Gasteiger charge is 2.23. The van der Waals surface area contributed by atoms with E-state index in [4.69, 9.17) is 4.74 Å². The van der Waals surface area contributed by atoms with Gasteiger partial charge in [0, 0.05) is 28.8 Å². The molecule has 3 rings (SSSR count). The van der Waals surface area contributed by atoms with Gasteiger partial charge in [0.2, 0.25) is 0 Å². The van der Waals surface area contributed by atoms with Gasteiger partial charge in [0.25, 0.3) is 11.5 Å². The number of nitrogens with one attached hydrogen (secondary N) is 2. The highest BCUT2D eigenvalue weighted by atomic mass is 16.5. The lowest BCUT2D eigenvalue weighted by Gasteiger charge is -2.17. The number of carbonyl (C=O) groups excluding carboxylic acids is 1. The molecule has 1 unspecified atom stereocenters. The standard InChI is InChI=1S/C20H22N2O3/c1-3-14-11-17(13(2)22-20(14)24)18-10-9-16(25-18)12-21-19(23)15-7-5-4-6-8-15/h4-9,11,18H,3,10,12H2,1-2H3,(H,21,23)(H,22,24). The van der Waals surface area contributed by atoms with E-state index in [1.807, 2.05) is 44.2 Å². The van der Waals surface area contributed by atoms with Gasteiger partial charge < -0.3 is 15.0 Å². The summed E-state index contributed by atoms with van der Waals surface area (Å²) in [7, 11) is 0. The number of aromatic amines is 1. The summed E-state index contributed by atoms with van der Waals surface area (Å²) in [5.41, 5.74) is 3.18. The third-order valence-electron chi connectivity index (χ3n) is 4.40. The van der Waals surface area contributed by atoms with Gasteiger partial charge >= 0.3 is 0 Å². The molecule has 2 heterocycles. The van der Waals surface area contributed by atoms with Crippen LogP contribution in [0.15, 0.2) is 53.0 Å². The molecule has 1 amide bonds. The second-order valence-corrected chi connectivity index (χ2v) is 6.12. The zero-order valence-electron chi connectivity index (χ0n) is 14.5. The molecular weight excluding hydrogens is 316 g/mol. The van der Waals surface area contributed by atoms with Crippen molar-refractivity contribution in [3.8, 4) is 0 Å². The molecule has 2 N–H and O–H groups in total. The van der Waals surface area contributed by atoms with Gasteiger partial charge in [-0.15, -0.1) is 0 Å². The summed E-state index contributed by atoms with van der Waals surface area (Å²) in [4.78, 5) is 26.8. The summed E-state index contributed by atoms with van der Waals surface area (Å²) >= 11 is 0. The van der Waals surface area contributed by atoms with E-state index in [-0.39, 0.29) is 17.6 Å². The highest BCUT2D eigenvalue weighted by Crippen LogP contribution is 2.32. The Labute approximate surface area is 146 Å². The molecule has 5 heteroatoms. The Kier molecular flexibility index (Phi) is 5.03. The Morgan fingerprint density at radius 1 is 1.32 bits per heavy atom. The fraction of sp³-hybridized carbons (Fsp3) is 0.300. The molecule has 0 bridgehead atoms. The van der Waals surface area contributed by atoms with Crippen LogP contribution in [0.5, 0.6) is 0 Å². The van der Waals surface area contributed by atoms with Gasteiger partial charge in [-0.1, -0.05) is 25.1 Å². The molecule has 0 saturated carbocycles. The van der Waals surface area contributed by atoms with Crippen LogP contribution in [0.1, 0.15) is 46.6 Å². The van der Waals surface area contributed by atoms with Crippen molar-refractivity contribution in [1.29, 1.82) is 0 Å². The lowest BCUT2D eigenvalue weighted by molar-refractivity contribution is 0.0934. The van der Waals surface area contributed by atoms with Crippen molar-refractivity contribution in [3.63, 3.8) is 0 Å². The number of amides is 1. The first-order valence-electron chi connectivity index (χ1n) is 8.50. The number of hydrogen-bond donors (Lipinski definition) is 2. The molecule has 1 aromatic carbocycles. The monoisotopic (exact) mass is 338 g/mol. The Balaban J connectivity index is 1.62. The van der Waals surface area contributed by atoms with Gasteiger partial charge in [-0.25, -0.2) is 0 Å². The van der Waals surface area contributed by atoms with Gasteiger partial charge in [-0.2, -0.15) is 0 Å². The summed E-state index contributed by atoms with van der Waals surface area (Å²) in [5, 5.41) is 2.87. The van der Waals surface area contributed by atoms with E-state index >= 15 is 0 Å². The molecule has 25 heavy (non-hydrogen) atoms. The number of aryl methyl sites for hydroxylation is 2. The summed E-state index contributed by atoms with van der Waals surface area (Å²) in [6.07, 6.45) is 3.28. The van der Waals surface area contributed by atoms with Crippen molar-refractivity contribution < 1.29 is 9.53 Å². The van der Waals surface area contributed by atoms with Crippen molar-refractivity contribution in [1.82, 2.24) is 10.3 Å². The molecule has 0 fully saturated rings. The average Bonchev–Trinajstić information content (AvgIpc) is 3.09. The third kappa shape index (κ3) is 3.82. The first kappa shape index (κ1) is 17.0. The van der Waals surface area contributed by atoms with Crippen LogP contribution in [-0.2, 0) is 11.2 Å². The van der Waals surface area contributed by atoms with Crippen molar-refractivity contribution in [2.24, 2.45) is 0 Å². The van der Waals surface area contributed by atoms with Crippen LogP contribution in [0.25, 0.3) is 0 Å². The minimum absolute atomic E-state index is 0.0370. The average molecular weight is 338 g/mol. The van der Waals surface area contributed by atoms with Gasteiger partial charge in [-0.3, -0.25) is 9.59 Å². The topological polar surface area (TPSA) is 71.2 Å². The molecule has 0 saturated heterocycles. The highest BCUT2D eigenvalue weighted by molar-refractivity contribution is 5.94. The van der Waals surface area contributed by atoms with Crippen molar-refractivity contribution in [2.45, 2.75) is 32.8 Å². The predicted octanol–water partition coefficient (Wildman–Crippen LogP) is 3.02. The fourth-order valence-electron chi connectivity index (χ4n) is 2.96. The lowest BCUT2D eigenvalue weighted by atomic mass is 10.0. The zero-order valence-corrected chi connectivity index (χ0v) is 14.5. The number of ether oxygens (including phenoxy) is 1. The Morgan fingerprint density at radius 3 is 2.80 bits per heavy atom. The van der Waals surface area contributed by atoms with Crippen molar-refractivity contribution in [3.05, 3.63) is 81.0 Å². The number of H-pyrrole nitrogens is 1. The number of hydrogen-bond acceptors (Lipinski definition) is 3. The Morgan fingerprint density at radius 2 is 2.08 bits per heavy atom. The second kappa shape index (κ2) is 7.38. The quantitative estimate of drug-likeness (QED) is 0.880. The van der Waals surface area contributed by atoms with Crippen LogP contribution in [-0.4, -0.2) is 17.4 Å².